The Bertz CT molecular complexity index is 483. The zero-order valence-corrected chi connectivity index (χ0v) is 12.7. The van der Waals surface area contributed by atoms with E-state index < -0.39 is 5.97 Å². The van der Waals surface area contributed by atoms with E-state index in [1.807, 2.05) is 0 Å². The van der Waals surface area contributed by atoms with Crippen LogP contribution in [0.5, 0.6) is 0 Å². The Morgan fingerprint density at radius 2 is 2.05 bits per heavy atom. The maximum absolute atomic E-state index is 11.3. The molecular formula is C15H21ClN2O2. The third-order valence-corrected chi connectivity index (χ3v) is 4.08. The van der Waals surface area contributed by atoms with E-state index in [2.05, 4.69) is 23.9 Å². The molecule has 0 aromatic heterocycles. The number of aromatic carboxylic acids is 1. The fourth-order valence-corrected chi connectivity index (χ4v) is 3.16. The molecular weight excluding hydrogens is 276 g/mol. The van der Waals surface area contributed by atoms with Gasteiger partial charge in [0, 0.05) is 19.6 Å². The van der Waals surface area contributed by atoms with Crippen LogP contribution in [0.4, 0.5) is 5.69 Å². The highest BCUT2D eigenvalue weighted by molar-refractivity contribution is 6.34. The van der Waals surface area contributed by atoms with E-state index in [-0.39, 0.29) is 0 Å². The van der Waals surface area contributed by atoms with Crippen LogP contribution in [-0.2, 0) is 0 Å². The molecule has 0 saturated carbocycles. The van der Waals surface area contributed by atoms with Crippen LogP contribution in [0, 0.1) is 5.92 Å². The molecule has 1 saturated heterocycles. The highest BCUT2D eigenvalue weighted by Gasteiger charge is 2.24. The molecule has 110 valence electrons. The summed E-state index contributed by atoms with van der Waals surface area (Å²) in [4.78, 5) is 15.7. The average molecular weight is 297 g/mol. The Hall–Kier alpha value is -1.26. The number of anilines is 1. The van der Waals surface area contributed by atoms with Crippen LogP contribution in [0.15, 0.2) is 18.2 Å². The van der Waals surface area contributed by atoms with Crippen LogP contribution in [0.1, 0.15) is 23.2 Å². The minimum atomic E-state index is -0.919. The first kappa shape index (κ1) is 15.1. The lowest BCUT2D eigenvalue weighted by molar-refractivity contribution is 0.0697. The Morgan fingerprint density at radius 1 is 1.40 bits per heavy atom. The maximum atomic E-state index is 11.3. The quantitative estimate of drug-likeness (QED) is 0.928. The molecule has 1 fully saturated rings. The Labute approximate surface area is 124 Å². The van der Waals surface area contributed by atoms with Crippen LogP contribution < -0.4 is 4.90 Å². The summed E-state index contributed by atoms with van der Waals surface area (Å²) in [6.45, 7) is 2.81. The van der Waals surface area contributed by atoms with E-state index in [1.54, 1.807) is 18.2 Å². The van der Waals surface area contributed by atoms with Gasteiger partial charge in [-0.3, -0.25) is 0 Å². The smallest absolute Gasteiger partial charge is 0.337 e. The molecule has 1 aliphatic rings. The number of carbonyl (C=O) groups is 1. The molecule has 0 unspecified atom stereocenters. The molecule has 4 nitrogen and oxygen atoms in total. The normalized spacial score (nSPS) is 16.7. The lowest BCUT2D eigenvalue weighted by Gasteiger charge is -2.35. The third-order valence-electron chi connectivity index (χ3n) is 3.77. The molecule has 0 radical (unpaired) electrons. The molecule has 1 heterocycles. The molecule has 1 N–H and O–H groups in total. The van der Waals surface area contributed by atoms with Crippen LogP contribution in [0.25, 0.3) is 0 Å². The van der Waals surface area contributed by atoms with Crippen molar-refractivity contribution in [2.24, 2.45) is 5.92 Å². The highest BCUT2D eigenvalue weighted by Crippen LogP contribution is 2.33. The van der Waals surface area contributed by atoms with Gasteiger partial charge in [-0.15, -0.1) is 0 Å². The van der Waals surface area contributed by atoms with Gasteiger partial charge in [0.1, 0.15) is 0 Å². The standard InChI is InChI=1S/C15H21ClN2O2/c1-17(2)10-11-6-8-18(9-7-11)14-12(15(19)20)4-3-5-13(14)16/h3-5,11H,6-10H2,1-2H3,(H,19,20). The molecule has 2 rings (SSSR count). The molecule has 1 aromatic carbocycles. The number of carboxylic acids is 1. The molecule has 0 atom stereocenters. The molecule has 0 spiro atoms. The van der Waals surface area contributed by atoms with Crippen molar-refractivity contribution in [2.45, 2.75) is 12.8 Å². The van der Waals surface area contributed by atoms with Gasteiger partial charge in [0.05, 0.1) is 16.3 Å². The Balaban J connectivity index is 2.13. The number of benzene rings is 1. The summed E-state index contributed by atoms with van der Waals surface area (Å²) in [5, 5.41) is 9.82. The fraction of sp³-hybridized carbons (Fsp3) is 0.533. The summed E-state index contributed by atoms with van der Waals surface area (Å²) < 4.78 is 0. The van der Waals surface area contributed by atoms with Gasteiger partial charge in [-0.1, -0.05) is 17.7 Å². The van der Waals surface area contributed by atoms with E-state index in [0.29, 0.717) is 22.2 Å². The van der Waals surface area contributed by atoms with Crippen LogP contribution in [0.3, 0.4) is 0 Å². The van der Waals surface area contributed by atoms with E-state index in [9.17, 15) is 9.90 Å². The number of para-hydroxylation sites is 1. The number of rotatable bonds is 4. The van der Waals surface area contributed by atoms with Crippen molar-refractivity contribution in [2.75, 3.05) is 38.6 Å². The minimum Gasteiger partial charge on any atom is -0.478 e. The van der Waals surface area contributed by atoms with Crippen LogP contribution in [-0.4, -0.2) is 49.7 Å². The van der Waals surface area contributed by atoms with Crippen molar-refractivity contribution < 1.29 is 9.90 Å². The van der Waals surface area contributed by atoms with Crippen molar-refractivity contribution in [3.8, 4) is 0 Å². The number of piperidine rings is 1. The maximum Gasteiger partial charge on any atom is 0.337 e. The van der Waals surface area contributed by atoms with Crippen molar-refractivity contribution in [1.29, 1.82) is 0 Å². The molecule has 20 heavy (non-hydrogen) atoms. The average Bonchev–Trinajstić information content (AvgIpc) is 2.39. The number of halogens is 1. The van der Waals surface area contributed by atoms with Gasteiger partial charge in [-0.05, 0) is 45.0 Å². The monoisotopic (exact) mass is 296 g/mol. The van der Waals surface area contributed by atoms with Gasteiger partial charge >= 0.3 is 5.97 Å². The minimum absolute atomic E-state index is 0.295. The van der Waals surface area contributed by atoms with Crippen molar-refractivity contribution in [1.82, 2.24) is 4.90 Å². The van der Waals surface area contributed by atoms with Crippen molar-refractivity contribution >= 4 is 23.3 Å². The second-order valence-electron chi connectivity index (χ2n) is 5.63. The zero-order valence-electron chi connectivity index (χ0n) is 12.0. The third kappa shape index (κ3) is 3.44. The predicted octanol–water partition coefficient (Wildman–Crippen LogP) is 2.82. The first-order chi connectivity index (χ1) is 9.49. The van der Waals surface area contributed by atoms with Gasteiger partial charge < -0.3 is 14.9 Å². The molecule has 0 amide bonds. The number of nitrogens with zero attached hydrogens (tertiary/aromatic N) is 2. The number of hydrogen-bond donors (Lipinski definition) is 1. The zero-order chi connectivity index (χ0) is 14.7. The van der Waals surface area contributed by atoms with Gasteiger partial charge in [0.2, 0.25) is 0 Å². The molecule has 0 bridgehead atoms. The molecule has 1 aromatic rings. The van der Waals surface area contributed by atoms with E-state index in [0.717, 1.165) is 32.5 Å². The fourth-order valence-electron chi connectivity index (χ4n) is 2.86. The van der Waals surface area contributed by atoms with Crippen molar-refractivity contribution in [3.05, 3.63) is 28.8 Å². The van der Waals surface area contributed by atoms with Crippen molar-refractivity contribution in [3.63, 3.8) is 0 Å². The Kier molecular flexibility index (Phi) is 4.89. The lowest BCUT2D eigenvalue weighted by Crippen LogP contribution is -2.37. The topological polar surface area (TPSA) is 43.8 Å². The summed E-state index contributed by atoms with van der Waals surface area (Å²) >= 11 is 6.21. The summed E-state index contributed by atoms with van der Waals surface area (Å²) in [7, 11) is 4.17. The lowest BCUT2D eigenvalue weighted by atomic mass is 9.95. The van der Waals surface area contributed by atoms with Gasteiger partial charge in [-0.2, -0.15) is 0 Å². The molecule has 5 heteroatoms. The van der Waals surface area contributed by atoms with E-state index in [1.165, 1.54) is 0 Å². The first-order valence-electron chi connectivity index (χ1n) is 6.90. The summed E-state index contributed by atoms with van der Waals surface area (Å²) in [6.07, 6.45) is 2.14. The largest absolute Gasteiger partial charge is 0.478 e. The van der Waals surface area contributed by atoms with E-state index >= 15 is 0 Å². The second-order valence-corrected chi connectivity index (χ2v) is 6.04. The second kappa shape index (κ2) is 6.46. The predicted molar refractivity (Wildman–Crippen MR) is 81.9 cm³/mol. The Morgan fingerprint density at radius 3 is 2.60 bits per heavy atom. The van der Waals surface area contributed by atoms with Gasteiger partial charge in [0.15, 0.2) is 0 Å². The summed E-state index contributed by atoms with van der Waals surface area (Å²) in [6, 6.07) is 5.07. The van der Waals surface area contributed by atoms with Gasteiger partial charge in [-0.25, -0.2) is 4.79 Å². The van der Waals surface area contributed by atoms with E-state index in [4.69, 9.17) is 11.6 Å². The summed E-state index contributed by atoms with van der Waals surface area (Å²) in [5.74, 6) is -0.241. The number of carboxylic acid groups (broad SMARTS) is 1. The SMILES string of the molecule is CN(C)CC1CCN(c2c(Cl)cccc2C(=O)O)CC1. The van der Waals surface area contributed by atoms with Gasteiger partial charge in [0.25, 0.3) is 0 Å². The molecule has 1 aliphatic heterocycles. The summed E-state index contributed by atoms with van der Waals surface area (Å²) in [5.41, 5.74) is 0.966. The number of hydrogen-bond acceptors (Lipinski definition) is 3. The van der Waals surface area contributed by atoms with Crippen LogP contribution in [0.2, 0.25) is 5.02 Å². The molecule has 0 aliphatic carbocycles. The highest BCUT2D eigenvalue weighted by atomic mass is 35.5. The van der Waals surface area contributed by atoms with Crippen LogP contribution >= 0.6 is 11.6 Å². The first-order valence-corrected chi connectivity index (χ1v) is 7.28.